The van der Waals surface area contributed by atoms with Crippen LogP contribution in [0.5, 0.6) is 5.75 Å². The van der Waals surface area contributed by atoms with E-state index >= 15 is 0 Å². The van der Waals surface area contributed by atoms with Crippen LogP contribution in [0, 0.1) is 5.82 Å². The number of carbonyl (C=O) groups excluding carboxylic acids is 1. The van der Waals surface area contributed by atoms with Crippen LogP contribution in [0.3, 0.4) is 0 Å². The molecule has 1 unspecified atom stereocenters. The maximum absolute atomic E-state index is 13.6. The van der Waals surface area contributed by atoms with Crippen molar-refractivity contribution in [1.29, 1.82) is 0 Å². The van der Waals surface area contributed by atoms with Gasteiger partial charge < -0.3 is 15.2 Å². The summed E-state index contributed by atoms with van der Waals surface area (Å²) in [6, 6.07) is 2.63. The van der Waals surface area contributed by atoms with Crippen LogP contribution in [-0.2, 0) is 4.79 Å². The van der Waals surface area contributed by atoms with Crippen molar-refractivity contribution in [3.05, 3.63) is 29.6 Å². The molecule has 0 spiro atoms. The Hall–Kier alpha value is -1.76. The molecule has 7 heteroatoms. The van der Waals surface area contributed by atoms with Gasteiger partial charge >= 0.3 is 5.97 Å². The normalized spacial score (nSPS) is 11.7. The Morgan fingerprint density at radius 3 is 2.68 bits per heavy atom. The summed E-state index contributed by atoms with van der Waals surface area (Å²) >= 11 is 3.91. The number of ether oxygens (including phenoxy) is 1. The monoisotopic (exact) mass is 287 g/mol. The largest absolute Gasteiger partial charge is 0.497 e. The fourth-order valence-corrected chi connectivity index (χ4v) is 1.69. The minimum absolute atomic E-state index is 0.155. The van der Waals surface area contributed by atoms with Gasteiger partial charge in [-0.1, -0.05) is 0 Å². The van der Waals surface area contributed by atoms with Crippen LogP contribution in [0.2, 0.25) is 0 Å². The average molecular weight is 287 g/mol. The van der Waals surface area contributed by atoms with Crippen LogP contribution < -0.4 is 10.1 Å². The highest BCUT2D eigenvalue weighted by Crippen LogP contribution is 2.16. The molecule has 0 radical (unpaired) electrons. The van der Waals surface area contributed by atoms with Crippen LogP contribution in [0.4, 0.5) is 4.39 Å². The highest BCUT2D eigenvalue weighted by atomic mass is 32.1. The van der Waals surface area contributed by atoms with Gasteiger partial charge in [-0.2, -0.15) is 12.6 Å². The Labute approximate surface area is 115 Å². The van der Waals surface area contributed by atoms with Crippen molar-refractivity contribution in [2.24, 2.45) is 0 Å². The molecule has 0 aromatic heterocycles. The first-order valence-electron chi connectivity index (χ1n) is 5.47. The molecule has 1 aromatic carbocycles. The molecule has 2 N–H and O–H groups in total. The molecule has 0 saturated carbocycles. The lowest BCUT2D eigenvalue weighted by Crippen LogP contribution is -2.41. The van der Waals surface area contributed by atoms with E-state index in [-0.39, 0.29) is 17.7 Å². The first-order chi connectivity index (χ1) is 8.99. The predicted molar refractivity (Wildman–Crippen MR) is 70.3 cm³/mol. The maximum atomic E-state index is 13.6. The number of thiol groups is 1. The van der Waals surface area contributed by atoms with Gasteiger partial charge in [0, 0.05) is 6.07 Å². The molecule has 5 nitrogen and oxygen atoms in total. The molecule has 0 aliphatic heterocycles. The number of carboxylic acid groups (broad SMARTS) is 1. The van der Waals surface area contributed by atoms with E-state index in [0.29, 0.717) is 5.75 Å². The van der Waals surface area contributed by atoms with Crippen molar-refractivity contribution >= 4 is 24.5 Å². The summed E-state index contributed by atoms with van der Waals surface area (Å²) in [4.78, 5) is 22.7. The molecule has 1 aromatic rings. The first kappa shape index (κ1) is 15.3. The standard InChI is InChI=1S/C12H14FNO4S/c1-18-7-2-3-8(9(13)6-7)11(15)14-10(4-5-19)12(16)17/h2-3,6,10,19H,4-5H2,1H3,(H,14,15)(H,16,17). The lowest BCUT2D eigenvalue weighted by atomic mass is 10.1. The zero-order chi connectivity index (χ0) is 14.4. The van der Waals surface area contributed by atoms with Crippen molar-refractivity contribution in [2.75, 3.05) is 12.9 Å². The van der Waals surface area contributed by atoms with Crippen molar-refractivity contribution in [2.45, 2.75) is 12.5 Å². The molecular formula is C12H14FNO4S. The van der Waals surface area contributed by atoms with Crippen molar-refractivity contribution in [3.63, 3.8) is 0 Å². The van der Waals surface area contributed by atoms with E-state index < -0.39 is 23.7 Å². The second-order valence-corrected chi connectivity index (χ2v) is 4.17. The number of aliphatic carboxylic acids is 1. The number of amides is 1. The lowest BCUT2D eigenvalue weighted by molar-refractivity contribution is -0.139. The molecule has 0 aliphatic rings. The van der Waals surface area contributed by atoms with E-state index in [1.807, 2.05) is 0 Å². The number of hydrogen-bond donors (Lipinski definition) is 3. The zero-order valence-corrected chi connectivity index (χ0v) is 11.1. The van der Waals surface area contributed by atoms with Gasteiger partial charge in [0.2, 0.25) is 0 Å². The molecule has 0 aliphatic carbocycles. The van der Waals surface area contributed by atoms with E-state index in [1.165, 1.54) is 19.2 Å². The van der Waals surface area contributed by atoms with Crippen LogP contribution >= 0.6 is 12.6 Å². The molecule has 104 valence electrons. The summed E-state index contributed by atoms with van der Waals surface area (Å²) in [5.41, 5.74) is -0.230. The second-order valence-electron chi connectivity index (χ2n) is 3.72. The topological polar surface area (TPSA) is 75.6 Å². The van der Waals surface area contributed by atoms with Crippen molar-refractivity contribution in [3.8, 4) is 5.75 Å². The number of carbonyl (C=O) groups is 2. The average Bonchev–Trinajstić information content (AvgIpc) is 2.37. The Kier molecular flexibility index (Phi) is 5.62. The first-order valence-corrected chi connectivity index (χ1v) is 6.11. The fraction of sp³-hybridized carbons (Fsp3) is 0.333. The SMILES string of the molecule is COc1ccc(C(=O)NC(CCS)C(=O)O)c(F)c1. The number of methoxy groups -OCH3 is 1. The number of hydrogen-bond acceptors (Lipinski definition) is 4. The quantitative estimate of drug-likeness (QED) is 0.690. The minimum Gasteiger partial charge on any atom is -0.497 e. The smallest absolute Gasteiger partial charge is 0.326 e. The van der Waals surface area contributed by atoms with Crippen molar-refractivity contribution in [1.82, 2.24) is 5.32 Å². The van der Waals surface area contributed by atoms with E-state index in [1.54, 1.807) is 0 Å². The third kappa shape index (κ3) is 4.13. The summed E-state index contributed by atoms with van der Waals surface area (Å²) < 4.78 is 18.4. The van der Waals surface area contributed by atoms with Gasteiger partial charge in [0.25, 0.3) is 5.91 Å². The summed E-state index contributed by atoms with van der Waals surface area (Å²) in [6.07, 6.45) is 0.155. The summed E-state index contributed by atoms with van der Waals surface area (Å²) in [5, 5.41) is 11.1. The van der Waals surface area contributed by atoms with Crippen LogP contribution in [0.25, 0.3) is 0 Å². The second kappa shape index (κ2) is 6.98. The highest BCUT2D eigenvalue weighted by molar-refractivity contribution is 7.80. The zero-order valence-electron chi connectivity index (χ0n) is 10.2. The molecular weight excluding hydrogens is 273 g/mol. The molecule has 19 heavy (non-hydrogen) atoms. The molecule has 0 bridgehead atoms. The Morgan fingerprint density at radius 1 is 1.53 bits per heavy atom. The van der Waals surface area contributed by atoms with Gasteiger partial charge in [-0.25, -0.2) is 9.18 Å². The molecule has 0 saturated heterocycles. The number of halogens is 1. The molecule has 1 amide bonds. The maximum Gasteiger partial charge on any atom is 0.326 e. The van der Waals surface area contributed by atoms with E-state index in [0.717, 1.165) is 6.07 Å². The lowest BCUT2D eigenvalue weighted by Gasteiger charge is -2.13. The van der Waals surface area contributed by atoms with Gasteiger partial charge in [-0.3, -0.25) is 4.79 Å². The number of benzene rings is 1. The number of carboxylic acids is 1. The minimum atomic E-state index is -1.18. The summed E-state index contributed by atoms with van der Waals surface area (Å²) in [5.74, 6) is -2.17. The summed E-state index contributed by atoms with van der Waals surface area (Å²) in [7, 11) is 1.38. The van der Waals surface area contributed by atoms with Gasteiger partial charge in [-0.05, 0) is 24.3 Å². The molecule has 0 fully saturated rings. The highest BCUT2D eigenvalue weighted by Gasteiger charge is 2.21. The van der Waals surface area contributed by atoms with Gasteiger partial charge in [0.1, 0.15) is 17.6 Å². The van der Waals surface area contributed by atoms with Gasteiger partial charge in [-0.15, -0.1) is 0 Å². The number of nitrogens with one attached hydrogen (secondary N) is 1. The Balaban J connectivity index is 2.85. The third-order valence-electron chi connectivity index (χ3n) is 2.44. The Bertz CT molecular complexity index is 481. The third-order valence-corrected chi connectivity index (χ3v) is 2.70. The van der Waals surface area contributed by atoms with Gasteiger partial charge in [0.15, 0.2) is 0 Å². The van der Waals surface area contributed by atoms with E-state index in [4.69, 9.17) is 9.84 Å². The van der Waals surface area contributed by atoms with Gasteiger partial charge in [0.05, 0.1) is 12.7 Å². The van der Waals surface area contributed by atoms with Crippen LogP contribution in [0.15, 0.2) is 18.2 Å². The predicted octanol–water partition coefficient (Wildman–Crippen LogP) is 1.34. The van der Waals surface area contributed by atoms with Crippen molar-refractivity contribution < 1.29 is 23.8 Å². The van der Waals surface area contributed by atoms with Crippen LogP contribution in [-0.4, -0.2) is 35.9 Å². The van der Waals surface area contributed by atoms with E-state index in [2.05, 4.69) is 17.9 Å². The molecule has 1 rings (SSSR count). The van der Waals surface area contributed by atoms with Crippen LogP contribution in [0.1, 0.15) is 16.8 Å². The molecule has 1 atom stereocenters. The molecule has 0 heterocycles. The number of rotatable bonds is 6. The Morgan fingerprint density at radius 2 is 2.21 bits per heavy atom. The van der Waals surface area contributed by atoms with E-state index in [9.17, 15) is 14.0 Å². The summed E-state index contributed by atoms with van der Waals surface area (Å²) in [6.45, 7) is 0. The fourth-order valence-electron chi connectivity index (χ4n) is 1.43.